The Balaban J connectivity index is 2.31. The monoisotopic (exact) mass is 255 g/mol. The molecule has 1 aliphatic heterocycles. The zero-order valence-electron chi connectivity index (χ0n) is 7.74. The summed E-state index contributed by atoms with van der Waals surface area (Å²) < 4.78 is 54.6. The quantitative estimate of drug-likeness (QED) is 0.719. The first kappa shape index (κ1) is 11.3. The summed E-state index contributed by atoms with van der Waals surface area (Å²) >= 11 is 5.48. The summed E-state index contributed by atoms with van der Waals surface area (Å²) in [5.74, 6) is -1.000. The van der Waals surface area contributed by atoms with Gasteiger partial charge in [0.1, 0.15) is 11.6 Å². The number of anilines is 1. The topological polar surface area (TPSA) is 21.3 Å². The lowest BCUT2D eigenvalue weighted by molar-refractivity contribution is -0.191. The molecule has 1 atom stereocenters. The second kappa shape index (κ2) is 3.69. The smallest absolute Gasteiger partial charge is 0.427 e. The standard InChI is InChI=1S/C9H6ClF4NO/c10-4-1-6-7(2-5(4)11)16-8(3-15-6)9(12,13)14/h1-2,8,15H,3H2. The highest BCUT2D eigenvalue weighted by Crippen LogP contribution is 2.37. The van der Waals surface area contributed by atoms with Crippen LogP contribution in [-0.2, 0) is 0 Å². The van der Waals surface area contributed by atoms with Crippen LogP contribution in [0.4, 0.5) is 23.2 Å². The molecule has 1 N–H and O–H groups in total. The minimum atomic E-state index is -4.49. The van der Waals surface area contributed by atoms with Gasteiger partial charge in [-0.05, 0) is 6.07 Å². The maximum Gasteiger partial charge on any atom is 0.427 e. The normalized spacial score (nSPS) is 19.7. The van der Waals surface area contributed by atoms with Crippen molar-refractivity contribution in [1.29, 1.82) is 0 Å². The Kier molecular flexibility index (Phi) is 2.61. The molecule has 1 unspecified atom stereocenters. The minimum absolute atomic E-state index is 0.166. The van der Waals surface area contributed by atoms with Crippen LogP contribution in [0.25, 0.3) is 0 Å². The fourth-order valence-electron chi connectivity index (χ4n) is 1.34. The molecule has 0 aliphatic carbocycles. The van der Waals surface area contributed by atoms with Gasteiger partial charge in [0.05, 0.1) is 17.3 Å². The van der Waals surface area contributed by atoms with Gasteiger partial charge in [-0.3, -0.25) is 0 Å². The number of ether oxygens (including phenoxy) is 1. The average molecular weight is 256 g/mol. The third-order valence-corrected chi connectivity index (χ3v) is 2.42. The molecular formula is C9H6ClF4NO. The van der Waals surface area contributed by atoms with Crippen LogP contribution in [0.3, 0.4) is 0 Å². The summed E-state index contributed by atoms with van der Waals surface area (Å²) in [6, 6.07) is 2.03. The van der Waals surface area contributed by atoms with Crippen LogP contribution < -0.4 is 10.1 Å². The Morgan fingerprint density at radius 1 is 1.38 bits per heavy atom. The van der Waals surface area contributed by atoms with Crippen molar-refractivity contribution < 1.29 is 22.3 Å². The lowest BCUT2D eigenvalue weighted by Crippen LogP contribution is -2.42. The molecule has 1 aromatic carbocycles. The number of halogens is 5. The third kappa shape index (κ3) is 2.02. The van der Waals surface area contributed by atoms with Gasteiger partial charge in [-0.2, -0.15) is 13.2 Å². The maximum atomic E-state index is 13.0. The molecule has 1 aromatic rings. The van der Waals surface area contributed by atoms with Gasteiger partial charge in [0.2, 0.25) is 6.10 Å². The van der Waals surface area contributed by atoms with Crippen LogP contribution in [-0.4, -0.2) is 18.8 Å². The van der Waals surface area contributed by atoms with Crippen molar-refractivity contribution in [3.63, 3.8) is 0 Å². The Bertz CT molecular complexity index is 421. The van der Waals surface area contributed by atoms with Gasteiger partial charge in [-0.1, -0.05) is 11.6 Å². The van der Waals surface area contributed by atoms with E-state index in [1.165, 1.54) is 6.07 Å². The van der Waals surface area contributed by atoms with Crippen molar-refractivity contribution in [2.45, 2.75) is 12.3 Å². The van der Waals surface area contributed by atoms with Crippen LogP contribution >= 0.6 is 11.6 Å². The molecule has 7 heteroatoms. The van der Waals surface area contributed by atoms with Crippen LogP contribution in [0, 0.1) is 5.82 Å². The minimum Gasteiger partial charge on any atom is -0.477 e. The summed E-state index contributed by atoms with van der Waals surface area (Å²) in [6.07, 6.45) is -6.46. The molecule has 0 spiro atoms. The first-order chi connectivity index (χ1) is 7.38. The Labute approximate surface area is 93.1 Å². The number of fused-ring (bicyclic) bond motifs is 1. The number of hydrogen-bond donors (Lipinski definition) is 1. The van der Waals surface area contributed by atoms with Gasteiger partial charge in [0.15, 0.2) is 0 Å². The molecule has 0 bridgehead atoms. The van der Waals surface area contributed by atoms with Gasteiger partial charge in [0.25, 0.3) is 0 Å². The van der Waals surface area contributed by atoms with Crippen LogP contribution in [0.2, 0.25) is 5.02 Å². The predicted octanol–water partition coefficient (Wildman–Crippen LogP) is 3.21. The number of benzene rings is 1. The molecule has 2 rings (SSSR count). The number of hydrogen-bond acceptors (Lipinski definition) is 2. The lowest BCUT2D eigenvalue weighted by atomic mass is 10.2. The predicted molar refractivity (Wildman–Crippen MR) is 50.4 cm³/mol. The third-order valence-electron chi connectivity index (χ3n) is 2.13. The highest BCUT2D eigenvalue weighted by Gasteiger charge is 2.43. The zero-order valence-corrected chi connectivity index (χ0v) is 8.49. The molecule has 0 saturated heterocycles. The van der Waals surface area contributed by atoms with Gasteiger partial charge in [-0.15, -0.1) is 0 Å². The highest BCUT2D eigenvalue weighted by molar-refractivity contribution is 6.31. The summed E-state index contributed by atoms with van der Waals surface area (Å²) in [7, 11) is 0. The summed E-state index contributed by atoms with van der Waals surface area (Å²) in [4.78, 5) is 0. The van der Waals surface area contributed by atoms with E-state index in [1.807, 2.05) is 0 Å². The Morgan fingerprint density at radius 3 is 2.69 bits per heavy atom. The van der Waals surface area contributed by atoms with E-state index in [2.05, 4.69) is 10.1 Å². The van der Waals surface area contributed by atoms with Gasteiger partial charge in [-0.25, -0.2) is 4.39 Å². The van der Waals surface area contributed by atoms with Crippen LogP contribution in [0.5, 0.6) is 5.75 Å². The largest absolute Gasteiger partial charge is 0.477 e. The van der Waals surface area contributed by atoms with E-state index in [1.54, 1.807) is 0 Å². The van der Waals surface area contributed by atoms with Crippen molar-refractivity contribution in [2.24, 2.45) is 0 Å². The summed E-state index contributed by atoms with van der Waals surface area (Å²) in [6.45, 7) is -0.418. The first-order valence-electron chi connectivity index (χ1n) is 4.34. The fraction of sp³-hybridized carbons (Fsp3) is 0.333. The Hall–Kier alpha value is -1.17. The molecule has 88 valence electrons. The van der Waals surface area contributed by atoms with Crippen LogP contribution in [0.1, 0.15) is 0 Å². The molecule has 0 radical (unpaired) electrons. The highest BCUT2D eigenvalue weighted by atomic mass is 35.5. The molecule has 0 aromatic heterocycles. The SMILES string of the molecule is Fc1cc2c(cc1Cl)NCC(C(F)(F)F)O2. The van der Waals surface area contributed by atoms with Gasteiger partial charge in [0, 0.05) is 6.07 Å². The second-order valence-electron chi connectivity index (χ2n) is 3.29. The van der Waals surface area contributed by atoms with E-state index >= 15 is 0 Å². The lowest BCUT2D eigenvalue weighted by Gasteiger charge is -2.28. The molecular weight excluding hydrogens is 250 g/mol. The van der Waals surface area contributed by atoms with Crippen molar-refractivity contribution in [3.8, 4) is 5.75 Å². The zero-order chi connectivity index (χ0) is 11.9. The summed E-state index contributed by atoms with van der Waals surface area (Å²) in [5.41, 5.74) is 0.256. The number of nitrogens with one attached hydrogen (secondary N) is 1. The molecule has 2 nitrogen and oxygen atoms in total. The summed E-state index contributed by atoms with van der Waals surface area (Å²) in [5, 5.41) is 2.32. The molecule has 16 heavy (non-hydrogen) atoms. The van der Waals surface area contributed by atoms with Crippen LogP contribution in [0.15, 0.2) is 12.1 Å². The second-order valence-corrected chi connectivity index (χ2v) is 3.70. The van der Waals surface area contributed by atoms with Gasteiger partial charge >= 0.3 is 6.18 Å². The number of alkyl halides is 3. The van der Waals surface area contributed by atoms with Crippen molar-refractivity contribution in [3.05, 3.63) is 23.0 Å². The van der Waals surface area contributed by atoms with E-state index in [9.17, 15) is 17.6 Å². The van der Waals surface area contributed by atoms with Crippen molar-refractivity contribution >= 4 is 17.3 Å². The van der Waals surface area contributed by atoms with E-state index in [0.717, 1.165) is 6.07 Å². The first-order valence-corrected chi connectivity index (χ1v) is 4.72. The molecule has 0 amide bonds. The van der Waals surface area contributed by atoms with E-state index in [-0.39, 0.29) is 16.5 Å². The fourth-order valence-corrected chi connectivity index (χ4v) is 1.51. The molecule has 1 heterocycles. The maximum absolute atomic E-state index is 13.0. The van der Waals surface area contributed by atoms with Crippen molar-refractivity contribution in [1.82, 2.24) is 0 Å². The number of rotatable bonds is 0. The van der Waals surface area contributed by atoms with E-state index in [0.29, 0.717) is 0 Å². The average Bonchev–Trinajstić information content (AvgIpc) is 2.17. The van der Waals surface area contributed by atoms with E-state index in [4.69, 9.17) is 11.6 Å². The molecule has 0 saturated carbocycles. The van der Waals surface area contributed by atoms with Gasteiger partial charge < -0.3 is 10.1 Å². The van der Waals surface area contributed by atoms with Crippen molar-refractivity contribution in [2.75, 3.05) is 11.9 Å². The molecule has 0 fully saturated rings. The Morgan fingerprint density at radius 2 is 2.06 bits per heavy atom. The van der Waals surface area contributed by atoms with E-state index < -0.39 is 24.6 Å². The molecule has 1 aliphatic rings.